The molecule has 1 aromatic carbocycles. The lowest BCUT2D eigenvalue weighted by molar-refractivity contribution is -0.0513. The number of halogens is 1. The van der Waals surface area contributed by atoms with Gasteiger partial charge >= 0.3 is 0 Å². The minimum absolute atomic E-state index is 0.0878. The van der Waals surface area contributed by atoms with Crippen molar-refractivity contribution in [3.05, 3.63) is 65.4 Å². The Morgan fingerprint density at radius 2 is 1.52 bits per heavy atom. The van der Waals surface area contributed by atoms with E-state index in [1.54, 1.807) is 20.9 Å². The van der Waals surface area contributed by atoms with E-state index in [4.69, 9.17) is 43.4 Å². The number of unbranched alkanes of at least 4 members (excludes halogenated alkanes) is 4. The number of benzene rings is 1. The van der Waals surface area contributed by atoms with Crippen LogP contribution in [0.4, 0.5) is 17.5 Å². The number of aliphatic hydroxyl groups is 3. The molecule has 374 valence electrons. The molecule has 66 heavy (non-hydrogen) atoms. The van der Waals surface area contributed by atoms with E-state index in [9.17, 15) is 19.8 Å². The molecular formula is C48H83ClN10O7. The number of carbonyl (C=O) groups excluding carboxylic acids is 2. The van der Waals surface area contributed by atoms with Crippen LogP contribution < -0.4 is 27.8 Å². The minimum Gasteiger partial charge on any atom is -0.394 e. The first-order valence-electron chi connectivity index (χ1n) is 23.1. The summed E-state index contributed by atoms with van der Waals surface area (Å²) in [6.07, 6.45) is 10.2. The van der Waals surface area contributed by atoms with Gasteiger partial charge in [-0.3, -0.25) is 9.59 Å². The summed E-state index contributed by atoms with van der Waals surface area (Å²) in [5.41, 5.74) is 19.5. The average molecular weight is 948 g/mol. The van der Waals surface area contributed by atoms with E-state index in [1.165, 1.54) is 69.0 Å². The predicted octanol–water partition coefficient (Wildman–Crippen LogP) is 7.55. The zero-order valence-corrected chi connectivity index (χ0v) is 42.7. The number of nitrogens with two attached hydrogens (primary N) is 3. The molecule has 1 fully saturated rings. The Balaban J connectivity index is 0.000000900. The van der Waals surface area contributed by atoms with Gasteiger partial charge in [-0.2, -0.15) is 0 Å². The highest BCUT2D eigenvalue weighted by atomic mass is 35.5. The first-order chi connectivity index (χ1) is 31.3. The van der Waals surface area contributed by atoms with Crippen LogP contribution in [0.15, 0.2) is 43.1 Å². The number of fused-ring (bicyclic) bond motifs is 1. The Morgan fingerprint density at radius 1 is 0.939 bits per heavy atom. The zero-order valence-electron chi connectivity index (χ0n) is 41.9. The number of nitrogen functional groups attached to an aromatic ring is 2. The monoisotopic (exact) mass is 947 g/mol. The van der Waals surface area contributed by atoms with Gasteiger partial charge in [-0.05, 0) is 68.4 Å². The topological polar surface area (TPSA) is 272 Å². The zero-order chi connectivity index (χ0) is 50.6. The maximum absolute atomic E-state index is 11.8. The van der Waals surface area contributed by atoms with E-state index < -0.39 is 23.7 Å². The lowest BCUT2D eigenvalue weighted by Crippen LogP contribution is -2.34. The first-order valence-corrected chi connectivity index (χ1v) is 23.6. The van der Waals surface area contributed by atoms with Crippen LogP contribution in [0.25, 0.3) is 11.0 Å². The third-order valence-corrected chi connectivity index (χ3v) is 11.0. The van der Waals surface area contributed by atoms with Crippen LogP contribution in [0.2, 0.25) is 0 Å². The number of primary amides is 1. The summed E-state index contributed by atoms with van der Waals surface area (Å²) in [5, 5.41) is 34.8. The molecule has 3 unspecified atom stereocenters. The summed E-state index contributed by atoms with van der Waals surface area (Å²) in [4.78, 5) is 39.0. The van der Waals surface area contributed by atoms with Crippen molar-refractivity contribution in [1.29, 1.82) is 0 Å². The second-order valence-electron chi connectivity index (χ2n) is 16.4. The molecule has 0 bridgehead atoms. The Morgan fingerprint density at radius 3 is 2.02 bits per heavy atom. The Kier molecular flexibility index (Phi) is 29.9. The quantitative estimate of drug-likeness (QED) is 0.0375. The number of nitrogens with one attached hydrogen (secondary N) is 2. The van der Waals surface area contributed by atoms with Crippen molar-refractivity contribution >= 4 is 51.9 Å². The number of anilines is 3. The van der Waals surface area contributed by atoms with E-state index >= 15 is 0 Å². The SMILES string of the molecule is CC.CC.CC(C)(CO)OCCNC(=O)c1ccc(C(N)=O)cc1.CC(C)C(C)(C)c1cn(C2CC(O)C(CO)O2)c2ncnc(N)c12.CCCCCCCCl.CNc1ncnc(N)c1C. The fraction of sp³-hybridized carbons (Fsp3) is 0.625. The van der Waals surface area contributed by atoms with Crippen molar-refractivity contribution in [2.75, 3.05) is 56.1 Å². The lowest BCUT2D eigenvalue weighted by atomic mass is 9.75. The number of carbonyl (C=O) groups is 2. The molecule has 0 aliphatic carbocycles. The van der Waals surface area contributed by atoms with Gasteiger partial charge in [0.1, 0.15) is 48.1 Å². The molecule has 0 saturated carbocycles. The van der Waals surface area contributed by atoms with Gasteiger partial charge in [0.05, 0.1) is 36.9 Å². The highest BCUT2D eigenvalue weighted by Crippen LogP contribution is 2.41. The highest BCUT2D eigenvalue weighted by Gasteiger charge is 2.37. The number of hydrogen-bond donors (Lipinski definition) is 8. The summed E-state index contributed by atoms with van der Waals surface area (Å²) in [5.74, 6) is 2.19. The highest BCUT2D eigenvalue weighted by molar-refractivity contribution is 6.17. The summed E-state index contributed by atoms with van der Waals surface area (Å²) < 4.78 is 13.1. The molecule has 1 saturated heterocycles. The van der Waals surface area contributed by atoms with Crippen molar-refractivity contribution in [3.63, 3.8) is 0 Å². The predicted molar refractivity (Wildman–Crippen MR) is 269 cm³/mol. The van der Waals surface area contributed by atoms with E-state index in [0.29, 0.717) is 53.9 Å². The van der Waals surface area contributed by atoms with Crippen molar-refractivity contribution in [3.8, 4) is 0 Å². The molecule has 18 heteroatoms. The van der Waals surface area contributed by atoms with Crippen LogP contribution in [-0.4, -0.2) is 109 Å². The molecule has 0 radical (unpaired) electrons. The van der Waals surface area contributed by atoms with Crippen molar-refractivity contribution in [2.24, 2.45) is 11.7 Å². The van der Waals surface area contributed by atoms with Crippen LogP contribution in [0.5, 0.6) is 0 Å². The maximum Gasteiger partial charge on any atom is 0.251 e. The molecule has 0 spiro atoms. The standard InChI is InChI=1S/C17H26N4O3.C14H20N2O4.C7H15Cl.C6H10N4.2C2H6/c1-9(2)17(3,4)10-6-21(13-5-11(23)12(7-22)24-13)16-14(10)15(18)19-8-20-16;1-14(2,9-17)20-8-7-16-13(19)11-5-3-10(4-6-11)12(15)18;1-2-3-4-5-6-7-8;1-4-5(7)9-3-10-6(4)8-2;2*1-2/h6,8-9,11-13,22-23H,5,7H2,1-4H3,(H2,18,19,20);3-6,17H,7-9H2,1-2H3,(H2,15,18)(H,16,19);2-7H2,1H3;3H,1-2H3,(H3,7,8,9,10);2*1-2H3. The second-order valence-corrected chi connectivity index (χ2v) is 16.8. The van der Waals surface area contributed by atoms with Crippen LogP contribution in [0, 0.1) is 12.8 Å². The first kappa shape index (κ1) is 61.4. The molecule has 1 aliphatic heterocycles. The van der Waals surface area contributed by atoms with Gasteiger partial charge in [0.25, 0.3) is 5.91 Å². The van der Waals surface area contributed by atoms with Crippen LogP contribution in [-0.2, 0) is 14.9 Å². The number of aliphatic hydroxyl groups excluding tert-OH is 3. The van der Waals surface area contributed by atoms with E-state index in [-0.39, 0.29) is 30.8 Å². The number of rotatable bonds is 17. The number of aromatic nitrogens is 5. The Labute approximate surface area is 399 Å². The van der Waals surface area contributed by atoms with Crippen molar-refractivity contribution in [2.45, 2.75) is 151 Å². The number of hydrogen-bond acceptors (Lipinski definition) is 14. The van der Waals surface area contributed by atoms with E-state index in [0.717, 1.165) is 28.2 Å². The molecule has 3 aromatic heterocycles. The Hall–Kier alpha value is -4.65. The second kappa shape index (κ2) is 32.1. The maximum atomic E-state index is 11.8. The number of nitrogens with zero attached hydrogens (tertiary/aromatic N) is 5. The van der Waals surface area contributed by atoms with Gasteiger partial charge in [-0.25, -0.2) is 19.9 Å². The van der Waals surface area contributed by atoms with Gasteiger partial charge in [0, 0.05) is 48.8 Å². The minimum atomic E-state index is -0.696. The van der Waals surface area contributed by atoms with Gasteiger partial charge in [0.2, 0.25) is 5.91 Å². The number of ether oxygens (including phenoxy) is 2. The van der Waals surface area contributed by atoms with E-state index in [1.807, 2.05) is 45.4 Å². The molecular weight excluding hydrogens is 864 g/mol. The molecule has 5 rings (SSSR count). The van der Waals surface area contributed by atoms with Gasteiger partial charge < -0.3 is 57.2 Å². The average Bonchev–Trinajstić information content (AvgIpc) is 3.91. The number of amides is 2. The third-order valence-electron chi connectivity index (χ3n) is 10.8. The summed E-state index contributed by atoms with van der Waals surface area (Å²) in [6.45, 7) is 24.6. The van der Waals surface area contributed by atoms with Crippen molar-refractivity contribution in [1.82, 2.24) is 29.8 Å². The fourth-order valence-corrected chi connectivity index (χ4v) is 6.21. The fourth-order valence-electron chi connectivity index (χ4n) is 6.02. The van der Waals surface area contributed by atoms with Crippen molar-refractivity contribution < 1.29 is 34.4 Å². The van der Waals surface area contributed by atoms with Crippen LogP contribution in [0.3, 0.4) is 0 Å². The molecule has 2 amide bonds. The van der Waals surface area contributed by atoms with Crippen LogP contribution >= 0.6 is 11.6 Å². The lowest BCUT2D eigenvalue weighted by Gasteiger charge is -2.29. The Bertz CT molecular complexity index is 1960. The third kappa shape index (κ3) is 19.7. The molecule has 1 aliphatic rings. The van der Waals surface area contributed by atoms with Gasteiger partial charge in [0.15, 0.2) is 0 Å². The largest absolute Gasteiger partial charge is 0.394 e. The number of alkyl halides is 1. The molecule has 4 aromatic rings. The summed E-state index contributed by atoms with van der Waals surface area (Å²) in [7, 11) is 1.80. The molecule has 17 nitrogen and oxygen atoms in total. The smallest absolute Gasteiger partial charge is 0.251 e. The van der Waals surface area contributed by atoms with E-state index in [2.05, 4.69) is 65.2 Å². The van der Waals surface area contributed by atoms with Crippen LogP contribution in [0.1, 0.15) is 153 Å². The normalized spacial score (nSPS) is 15.3. The summed E-state index contributed by atoms with van der Waals surface area (Å²) >= 11 is 5.48. The molecule has 4 heterocycles. The molecule has 3 atom stereocenters. The molecule has 11 N–H and O–H groups in total. The van der Waals surface area contributed by atoms with Gasteiger partial charge in [-0.15, -0.1) is 11.6 Å². The summed E-state index contributed by atoms with van der Waals surface area (Å²) in [6, 6.07) is 6.08. The van der Waals surface area contributed by atoms with Gasteiger partial charge in [-0.1, -0.05) is 88.0 Å².